The highest BCUT2D eigenvalue weighted by Gasteiger charge is 2.06. The fourth-order valence-corrected chi connectivity index (χ4v) is 1.97. The lowest BCUT2D eigenvalue weighted by atomic mass is 10.4. The van der Waals surface area contributed by atoms with Gasteiger partial charge < -0.3 is 9.84 Å². The van der Waals surface area contributed by atoms with Crippen LogP contribution in [-0.2, 0) is 4.79 Å². The Morgan fingerprint density at radius 3 is 2.89 bits per heavy atom. The number of carbonyl (C=O) groups excluding carboxylic acids is 1. The number of rotatable bonds is 5. The van der Waals surface area contributed by atoms with Gasteiger partial charge in [0.1, 0.15) is 5.76 Å². The first kappa shape index (κ1) is 12.6. The van der Waals surface area contributed by atoms with Gasteiger partial charge in [-0.1, -0.05) is 16.9 Å². The molecule has 0 radical (unpaired) electrons. The van der Waals surface area contributed by atoms with Crippen molar-refractivity contribution in [3.63, 3.8) is 0 Å². The summed E-state index contributed by atoms with van der Waals surface area (Å²) in [4.78, 5) is 19.7. The Hall–Kier alpha value is -1.89. The van der Waals surface area contributed by atoms with Crippen LogP contribution in [0.4, 0.5) is 5.82 Å². The molecule has 2 rings (SSSR count). The molecular weight excluding hydrogens is 252 g/mol. The highest BCUT2D eigenvalue weighted by atomic mass is 32.2. The van der Waals surface area contributed by atoms with E-state index in [4.69, 9.17) is 4.52 Å². The van der Waals surface area contributed by atoms with E-state index < -0.39 is 0 Å². The van der Waals surface area contributed by atoms with Crippen molar-refractivity contribution in [2.24, 2.45) is 0 Å². The van der Waals surface area contributed by atoms with E-state index in [0.29, 0.717) is 28.9 Å². The van der Waals surface area contributed by atoms with Gasteiger partial charge in [0.2, 0.25) is 5.91 Å². The first-order valence-electron chi connectivity index (χ1n) is 5.37. The zero-order chi connectivity index (χ0) is 12.8. The maximum Gasteiger partial charge on any atom is 0.226 e. The maximum atomic E-state index is 11.6. The molecule has 0 saturated carbocycles. The number of hydrogen-bond donors (Lipinski definition) is 1. The number of nitrogens with one attached hydrogen (secondary N) is 1. The van der Waals surface area contributed by atoms with E-state index in [0.717, 1.165) is 0 Å². The molecule has 0 aliphatic heterocycles. The molecule has 94 valence electrons. The molecule has 2 aromatic heterocycles. The quantitative estimate of drug-likeness (QED) is 0.656. The molecule has 18 heavy (non-hydrogen) atoms. The van der Waals surface area contributed by atoms with Gasteiger partial charge in [-0.25, -0.2) is 9.97 Å². The average Bonchev–Trinajstić information content (AvgIpc) is 2.76. The van der Waals surface area contributed by atoms with Crippen molar-refractivity contribution in [1.29, 1.82) is 0 Å². The molecular formula is C11H12N4O2S. The molecule has 0 unspecified atom stereocenters. The minimum absolute atomic E-state index is 0.105. The van der Waals surface area contributed by atoms with Crippen LogP contribution < -0.4 is 5.32 Å². The van der Waals surface area contributed by atoms with Crippen LogP contribution >= 0.6 is 11.8 Å². The number of aryl methyl sites for hydroxylation is 1. The lowest BCUT2D eigenvalue weighted by molar-refractivity contribution is -0.115. The molecule has 6 nitrogen and oxygen atoms in total. The van der Waals surface area contributed by atoms with Crippen LogP contribution in [0.5, 0.6) is 0 Å². The van der Waals surface area contributed by atoms with Gasteiger partial charge in [-0.3, -0.25) is 4.79 Å². The summed E-state index contributed by atoms with van der Waals surface area (Å²) in [6.07, 6.45) is 3.72. The fraction of sp³-hybridized carbons (Fsp3) is 0.273. The van der Waals surface area contributed by atoms with E-state index in [1.807, 2.05) is 0 Å². The molecule has 1 N–H and O–H groups in total. The van der Waals surface area contributed by atoms with E-state index in [-0.39, 0.29) is 5.91 Å². The minimum Gasteiger partial charge on any atom is -0.360 e. The fourth-order valence-electron chi connectivity index (χ4n) is 1.23. The SMILES string of the molecule is Cc1cc(NC(=O)CCSc2ncccn2)no1. The Morgan fingerprint density at radius 2 is 2.22 bits per heavy atom. The smallest absolute Gasteiger partial charge is 0.226 e. The van der Waals surface area contributed by atoms with Gasteiger partial charge in [-0.2, -0.15) is 0 Å². The summed E-state index contributed by atoms with van der Waals surface area (Å²) in [7, 11) is 0. The summed E-state index contributed by atoms with van der Waals surface area (Å²) >= 11 is 1.44. The minimum atomic E-state index is -0.105. The second-order valence-corrected chi connectivity index (χ2v) is 4.56. The van der Waals surface area contributed by atoms with E-state index in [2.05, 4.69) is 20.4 Å². The molecule has 0 aromatic carbocycles. The van der Waals surface area contributed by atoms with Gasteiger partial charge >= 0.3 is 0 Å². The van der Waals surface area contributed by atoms with E-state index in [9.17, 15) is 4.79 Å². The summed E-state index contributed by atoms with van der Waals surface area (Å²) in [6, 6.07) is 3.43. The predicted molar refractivity (Wildman–Crippen MR) is 67.2 cm³/mol. The Bertz CT molecular complexity index is 515. The molecule has 0 spiro atoms. The third-order valence-electron chi connectivity index (χ3n) is 2.00. The van der Waals surface area contributed by atoms with Crippen LogP contribution in [-0.4, -0.2) is 26.8 Å². The monoisotopic (exact) mass is 264 g/mol. The molecule has 0 fully saturated rings. The Labute approximate surface area is 108 Å². The zero-order valence-corrected chi connectivity index (χ0v) is 10.6. The standard InChI is InChI=1S/C11H12N4O2S/c1-8-7-9(15-17-8)14-10(16)3-6-18-11-12-4-2-5-13-11/h2,4-5,7H,3,6H2,1H3,(H,14,15,16). The highest BCUT2D eigenvalue weighted by molar-refractivity contribution is 7.99. The first-order valence-corrected chi connectivity index (χ1v) is 6.35. The van der Waals surface area contributed by atoms with Crippen LogP contribution in [0.15, 0.2) is 34.2 Å². The molecule has 1 amide bonds. The maximum absolute atomic E-state index is 11.6. The summed E-state index contributed by atoms with van der Waals surface area (Å²) in [5, 5.41) is 7.00. The van der Waals surface area contributed by atoms with Crippen molar-refractivity contribution in [2.45, 2.75) is 18.5 Å². The number of amides is 1. The highest BCUT2D eigenvalue weighted by Crippen LogP contribution is 2.13. The third kappa shape index (κ3) is 3.85. The van der Waals surface area contributed by atoms with Crippen LogP contribution in [0.1, 0.15) is 12.2 Å². The number of anilines is 1. The Balaban J connectivity index is 1.72. The van der Waals surface area contributed by atoms with E-state index in [1.165, 1.54) is 11.8 Å². The molecule has 0 aliphatic carbocycles. The molecule has 0 bridgehead atoms. The van der Waals surface area contributed by atoms with Gasteiger partial charge in [0.25, 0.3) is 0 Å². The molecule has 2 heterocycles. The second kappa shape index (κ2) is 6.15. The van der Waals surface area contributed by atoms with Crippen molar-refractivity contribution in [3.8, 4) is 0 Å². The molecule has 7 heteroatoms. The summed E-state index contributed by atoms with van der Waals surface area (Å²) in [5.41, 5.74) is 0. The second-order valence-electron chi connectivity index (χ2n) is 3.50. The van der Waals surface area contributed by atoms with Gasteiger partial charge in [-0.15, -0.1) is 0 Å². The number of thioether (sulfide) groups is 1. The number of hydrogen-bond acceptors (Lipinski definition) is 6. The number of aromatic nitrogens is 3. The van der Waals surface area contributed by atoms with Crippen LogP contribution in [0.3, 0.4) is 0 Å². The van der Waals surface area contributed by atoms with Crippen molar-refractivity contribution < 1.29 is 9.32 Å². The number of nitrogens with zero attached hydrogens (tertiary/aromatic N) is 3. The van der Waals surface area contributed by atoms with Crippen LogP contribution in [0, 0.1) is 6.92 Å². The first-order chi connectivity index (χ1) is 8.74. The lowest BCUT2D eigenvalue weighted by Gasteiger charge is -2.00. The van der Waals surface area contributed by atoms with Crippen LogP contribution in [0.25, 0.3) is 0 Å². The summed E-state index contributed by atoms with van der Waals surface area (Å²) in [5.74, 6) is 1.62. The van der Waals surface area contributed by atoms with Crippen molar-refractivity contribution in [3.05, 3.63) is 30.3 Å². The van der Waals surface area contributed by atoms with Gasteiger partial charge in [0.05, 0.1) is 0 Å². The van der Waals surface area contributed by atoms with E-state index in [1.54, 1.807) is 31.5 Å². The summed E-state index contributed by atoms with van der Waals surface area (Å²) in [6.45, 7) is 1.77. The van der Waals surface area contributed by atoms with Crippen LogP contribution in [0.2, 0.25) is 0 Å². The summed E-state index contributed by atoms with van der Waals surface area (Å²) < 4.78 is 4.85. The molecule has 0 aliphatic rings. The Morgan fingerprint density at radius 1 is 1.44 bits per heavy atom. The van der Waals surface area contributed by atoms with Crippen molar-refractivity contribution in [2.75, 3.05) is 11.1 Å². The van der Waals surface area contributed by atoms with E-state index >= 15 is 0 Å². The van der Waals surface area contributed by atoms with Crippen molar-refractivity contribution >= 4 is 23.5 Å². The Kier molecular flexibility index (Phi) is 4.30. The topological polar surface area (TPSA) is 80.9 Å². The molecule has 2 aromatic rings. The molecule has 0 atom stereocenters. The third-order valence-corrected chi connectivity index (χ3v) is 2.88. The van der Waals surface area contributed by atoms with Gasteiger partial charge in [0.15, 0.2) is 11.0 Å². The van der Waals surface area contributed by atoms with Gasteiger partial charge in [-0.05, 0) is 13.0 Å². The number of carbonyl (C=O) groups is 1. The lowest BCUT2D eigenvalue weighted by Crippen LogP contribution is -2.12. The predicted octanol–water partition coefficient (Wildman–Crippen LogP) is 1.89. The zero-order valence-electron chi connectivity index (χ0n) is 9.79. The van der Waals surface area contributed by atoms with Crippen molar-refractivity contribution in [1.82, 2.24) is 15.1 Å². The normalized spacial score (nSPS) is 10.3. The average molecular weight is 264 g/mol. The molecule has 0 saturated heterocycles. The van der Waals surface area contributed by atoms with Gasteiger partial charge in [0, 0.05) is 30.6 Å². The largest absolute Gasteiger partial charge is 0.360 e.